The molecule has 24 heavy (non-hydrogen) atoms. The highest BCUT2D eigenvalue weighted by Gasteiger charge is 2.21. The lowest BCUT2D eigenvalue weighted by atomic mass is 10.2. The summed E-state index contributed by atoms with van der Waals surface area (Å²) >= 11 is 1.67. The van der Waals surface area contributed by atoms with E-state index in [1.807, 2.05) is 11.4 Å². The van der Waals surface area contributed by atoms with Gasteiger partial charge >= 0.3 is 0 Å². The molecule has 1 aromatic carbocycles. The van der Waals surface area contributed by atoms with Gasteiger partial charge in [-0.15, -0.1) is 11.3 Å². The molecular weight excluding hydrogens is 327 g/mol. The summed E-state index contributed by atoms with van der Waals surface area (Å²) in [6, 6.07) is 10.3. The summed E-state index contributed by atoms with van der Waals surface area (Å²) in [5.41, 5.74) is 0.218. The van der Waals surface area contributed by atoms with E-state index in [2.05, 4.69) is 16.3 Å². The molecule has 2 aromatic rings. The van der Waals surface area contributed by atoms with Crippen molar-refractivity contribution < 1.29 is 13.9 Å². The number of nitrogens with zero attached hydrogens (tertiary/aromatic N) is 1. The van der Waals surface area contributed by atoms with Crippen LogP contribution in [-0.2, 0) is 16.1 Å². The zero-order valence-electron chi connectivity index (χ0n) is 13.4. The lowest BCUT2D eigenvalue weighted by Gasteiger charge is -2.24. The lowest BCUT2D eigenvalue weighted by molar-refractivity contribution is -0.117. The Balaban J connectivity index is 1.61. The molecule has 1 N–H and O–H groups in total. The first-order valence-electron chi connectivity index (χ1n) is 8.11. The molecule has 128 valence electrons. The lowest BCUT2D eigenvalue weighted by Crippen LogP contribution is -2.37. The molecule has 4 nitrogen and oxygen atoms in total. The highest BCUT2D eigenvalue weighted by Crippen LogP contribution is 2.18. The Morgan fingerprint density at radius 1 is 1.33 bits per heavy atom. The first kappa shape index (κ1) is 17.1. The molecule has 0 aliphatic carbocycles. The molecular formula is C18H21FN2O2S. The second kappa shape index (κ2) is 8.37. The van der Waals surface area contributed by atoms with Crippen molar-refractivity contribution in [3.63, 3.8) is 0 Å². The number of halogens is 1. The molecule has 6 heteroatoms. The van der Waals surface area contributed by atoms with Crippen molar-refractivity contribution in [2.45, 2.75) is 25.5 Å². The molecule has 1 fully saturated rings. The van der Waals surface area contributed by atoms with Gasteiger partial charge in [0.25, 0.3) is 0 Å². The van der Waals surface area contributed by atoms with Crippen LogP contribution in [-0.4, -0.2) is 36.6 Å². The first-order chi connectivity index (χ1) is 11.7. The molecule has 1 aliphatic rings. The standard InChI is InChI=1S/C18H21FN2O2S/c19-16-7-1-2-8-17(16)20-18(22)13-21(11-14-5-3-9-23-14)12-15-6-4-10-24-15/h1-2,4,6-8,10,14H,3,5,9,11-13H2,(H,20,22)/t14-/m0/s1. The minimum absolute atomic E-state index is 0.172. The van der Waals surface area contributed by atoms with Crippen LogP contribution < -0.4 is 5.32 Å². The minimum Gasteiger partial charge on any atom is -0.377 e. The summed E-state index contributed by atoms with van der Waals surface area (Å²) in [7, 11) is 0. The number of carbonyl (C=O) groups is 1. The van der Waals surface area contributed by atoms with Gasteiger partial charge in [-0.3, -0.25) is 9.69 Å². The van der Waals surface area contributed by atoms with E-state index in [-0.39, 0.29) is 24.2 Å². The molecule has 1 aromatic heterocycles. The van der Waals surface area contributed by atoms with Crippen LogP contribution in [0.1, 0.15) is 17.7 Å². The van der Waals surface area contributed by atoms with Crippen molar-refractivity contribution in [1.29, 1.82) is 0 Å². The summed E-state index contributed by atoms with van der Waals surface area (Å²) in [6.07, 6.45) is 2.26. The maximum Gasteiger partial charge on any atom is 0.238 e. The topological polar surface area (TPSA) is 41.6 Å². The van der Waals surface area contributed by atoms with Crippen molar-refractivity contribution in [2.75, 3.05) is 25.0 Å². The largest absolute Gasteiger partial charge is 0.377 e. The van der Waals surface area contributed by atoms with Crippen molar-refractivity contribution in [3.05, 3.63) is 52.5 Å². The minimum atomic E-state index is -0.421. The third kappa shape index (κ3) is 4.87. The summed E-state index contributed by atoms with van der Waals surface area (Å²) in [6.45, 7) is 2.41. The van der Waals surface area contributed by atoms with E-state index in [0.29, 0.717) is 13.1 Å². The van der Waals surface area contributed by atoms with Crippen LogP contribution in [0.3, 0.4) is 0 Å². The average molecular weight is 348 g/mol. The SMILES string of the molecule is O=C(CN(Cc1cccs1)C[C@@H]1CCCO1)Nc1ccccc1F. The van der Waals surface area contributed by atoms with Crippen LogP contribution in [0, 0.1) is 5.82 Å². The van der Waals surface area contributed by atoms with Gasteiger partial charge in [0.2, 0.25) is 5.91 Å². The summed E-state index contributed by atoms with van der Waals surface area (Å²) in [5.74, 6) is -0.635. The maximum atomic E-state index is 13.7. The van der Waals surface area contributed by atoms with E-state index in [0.717, 1.165) is 19.4 Å². The Bertz CT molecular complexity index is 657. The van der Waals surface area contributed by atoms with Crippen LogP contribution in [0.15, 0.2) is 41.8 Å². The molecule has 0 radical (unpaired) electrons. The molecule has 2 heterocycles. The average Bonchev–Trinajstić information content (AvgIpc) is 3.23. The normalized spacial score (nSPS) is 17.3. The van der Waals surface area contributed by atoms with Gasteiger partial charge < -0.3 is 10.1 Å². The molecule has 0 unspecified atom stereocenters. The number of ether oxygens (including phenoxy) is 1. The molecule has 0 saturated carbocycles. The van der Waals surface area contributed by atoms with Gasteiger partial charge in [-0.05, 0) is 36.4 Å². The number of thiophene rings is 1. The smallest absolute Gasteiger partial charge is 0.238 e. The Morgan fingerprint density at radius 2 is 2.21 bits per heavy atom. The van der Waals surface area contributed by atoms with Crippen molar-refractivity contribution in [2.24, 2.45) is 0 Å². The van der Waals surface area contributed by atoms with E-state index in [1.165, 1.54) is 10.9 Å². The van der Waals surface area contributed by atoms with Gasteiger partial charge in [0.15, 0.2) is 0 Å². The molecule has 1 atom stereocenters. The molecule has 1 saturated heterocycles. The summed E-state index contributed by atoms with van der Waals surface area (Å²) in [5, 5.41) is 4.68. The molecule has 0 spiro atoms. The monoisotopic (exact) mass is 348 g/mol. The fourth-order valence-electron chi connectivity index (χ4n) is 2.84. The highest BCUT2D eigenvalue weighted by molar-refractivity contribution is 7.09. The Hall–Kier alpha value is -1.76. The van der Waals surface area contributed by atoms with Gasteiger partial charge in [0.05, 0.1) is 18.3 Å². The Morgan fingerprint density at radius 3 is 2.92 bits per heavy atom. The zero-order valence-corrected chi connectivity index (χ0v) is 14.2. The number of carbonyl (C=O) groups excluding carboxylic acids is 1. The van der Waals surface area contributed by atoms with Gasteiger partial charge in [-0.1, -0.05) is 18.2 Å². The van der Waals surface area contributed by atoms with E-state index in [1.54, 1.807) is 29.5 Å². The molecule has 1 aliphatic heterocycles. The first-order valence-corrected chi connectivity index (χ1v) is 8.99. The molecule has 0 bridgehead atoms. The molecule has 3 rings (SSSR count). The predicted molar refractivity (Wildman–Crippen MR) is 93.6 cm³/mol. The van der Waals surface area contributed by atoms with Crippen molar-refractivity contribution in [1.82, 2.24) is 4.90 Å². The second-order valence-electron chi connectivity index (χ2n) is 5.91. The van der Waals surface area contributed by atoms with Gasteiger partial charge in [0, 0.05) is 24.6 Å². The van der Waals surface area contributed by atoms with E-state index < -0.39 is 5.82 Å². The van der Waals surface area contributed by atoms with Gasteiger partial charge in [-0.2, -0.15) is 0 Å². The second-order valence-corrected chi connectivity index (χ2v) is 6.94. The quantitative estimate of drug-likeness (QED) is 0.833. The van der Waals surface area contributed by atoms with Gasteiger partial charge in [-0.25, -0.2) is 4.39 Å². The van der Waals surface area contributed by atoms with E-state index in [4.69, 9.17) is 4.74 Å². The van der Waals surface area contributed by atoms with Gasteiger partial charge in [0.1, 0.15) is 5.82 Å². The van der Waals surface area contributed by atoms with Crippen LogP contribution in [0.25, 0.3) is 0 Å². The van der Waals surface area contributed by atoms with Crippen LogP contribution in [0.4, 0.5) is 10.1 Å². The Labute approximate surface area is 145 Å². The number of hydrogen-bond acceptors (Lipinski definition) is 4. The fourth-order valence-corrected chi connectivity index (χ4v) is 3.59. The third-order valence-corrected chi connectivity index (χ3v) is 4.82. The third-order valence-electron chi connectivity index (χ3n) is 3.96. The van der Waals surface area contributed by atoms with Crippen LogP contribution >= 0.6 is 11.3 Å². The summed E-state index contributed by atoms with van der Waals surface area (Å²) < 4.78 is 19.4. The number of benzene rings is 1. The number of hydrogen-bond donors (Lipinski definition) is 1. The number of nitrogens with one attached hydrogen (secondary N) is 1. The van der Waals surface area contributed by atoms with Crippen molar-refractivity contribution in [3.8, 4) is 0 Å². The number of rotatable bonds is 7. The Kier molecular flexibility index (Phi) is 5.96. The zero-order chi connectivity index (χ0) is 16.8. The van der Waals surface area contributed by atoms with Crippen LogP contribution in [0.5, 0.6) is 0 Å². The van der Waals surface area contributed by atoms with Crippen molar-refractivity contribution >= 4 is 22.9 Å². The van der Waals surface area contributed by atoms with E-state index >= 15 is 0 Å². The number of para-hydroxylation sites is 1. The van der Waals surface area contributed by atoms with Crippen LogP contribution in [0.2, 0.25) is 0 Å². The number of amides is 1. The highest BCUT2D eigenvalue weighted by atomic mass is 32.1. The van der Waals surface area contributed by atoms with E-state index in [9.17, 15) is 9.18 Å². The molecule has 1 amide bonds. The summed E-state index contributed by atoms with van der Waals surface area (Å²) in [4.78, 5) is 15.6. The fraction of sp³-hybridized carbons (Fsp3) is 0.389. The predicted octanol–water partition coefficient (Wildman–Crippen LogP) is 3.51. The number of anilines is 1. The maximum absolute atomic E-state index is 13.7.